The highest BCUT2D eigenvalue weighted by atomic mass is 32.2. The minimum Gasteiger partial charge on any atom is -0.481 e. The van der Waals surface area contributed by atoms with Crippen molar-refractivity contribution >= 4 is 17.7 Å². The summed E-state index contributed by atoms with van der Waals surface area (Å²) >= 11 is 1.22. The van der Waals surface area contributed by atoms with Gasteiger partial charge in [-0.25, -0.2) is 0 Å². The first-order valence-electron chi connectivity index (χ1n) is 6.60. The number of nitrogens with zero attached hydrogens (tertiary/aromatic N) is 4. The predicted octanol–water partition coefficient (Wildman–Crippen LogP) is 1.19. The van der Waals surface area contributed by atoms with E-state index < -0.39 is 5.97 Å². The van der Waals surface area contributed by atoms with E-state index in [1.807, 2.05) is 4.57 Å². The van der Waals surface area contributed by atoms with E-state index in [1.165, 1.54) is 37.7 Å². The molecule has 19 heavy (non-hydrogen) atoms. The van der Waals surface area contributed by atoms with Crippen molar-refractivity contribution in [3.8, 4) is 0 Å². The zero-order valence-corrected chi connectivity index (χ0v) is 12.0. The molecule has 1 atom stereocenters. The summed E-state index contributed by atoms with van der Waals surface area (Å²) in [5, 5.41) is 17.2. The normalized spacial score (nSPS) is 17.7. The maximum Gasteiger partial charge on any atom is 0.313 e. The average Bonchev–Trinajstić information content (AvgIpc) is 2.98. The molecule has 1 aliphatic rings. The van der Waals surface area contributed by atoms with Gasteiger partial charge < -0.3 is 14.6 Å². The summed E-state index contributed by atoms with van der Waals surface area (Å²) in [4.78, 5) is 13.1. The molecule has 0 saturated carbocycles. The van der Waals surface area contributed by atoms with Crippen molar-refractivity contribution < 1.29 is 9.90 Å². The van der Waals surface area contributed by atoms with Crippen molar-refractivity contribution in [2.45, 2.75) is 31.5 Å². The first kappa shape index (κ1) is 14.3. The second-order valence-corrected chi connectivity index (χ2v) is 6.00. The number of thioether (sulfide) groups is 1. The average molecular weight is 284 g/mol. The van der Waals surface area contributed by atoms with E-state index in [2.05, 4.69) is 22.0 Å². The van der Waals surface area contributed by atoms with Crippen LogP contribution in [0.4, 0.5) is 0 Å². The number of likely N-dealkylation sites (tertiary alicyclic amines) is 1. The Morgan fingerprint density at radius 3 is 2.89 bits per heavy atom. The molecule has 1 N–H and O–H groups in total. The smallest absolute Gasteiger partial charge is 0.313 e. The highest BCUT2D eigenvalue weighted by Crippen LogP contribution is 2.17. The van der Waals surface area contributed by atoms with Gasteiger partial charge in [-0.15, -0.1) is 10.2 Å². The van der Waals surface area contributed by atoms with Crippen LogP contribution in [0.3, 0.4) is 0 Å². The van der Waals surface area contributed by atoms with Crippen LogP contribution in [0, 0.1) is 5.92 Å². The molecule has 1 saturated heterocycles. The van der Waals surface area contributed by atoms with Gasteiger partial charge in [0, 0.05) is 13.1 Å². The molecular weight excluding hydrogens is 264 g/mol. The minimum absolute atomic E-state index is 0.0270. The number of carboxylic acid groups (broad SMARTS) is 1. The highest BCUT2D eigenvalue weighted by Gasteiger charge is 2.16. The quantitative estimate of drug-likeness (QED) is 0.758. The molecule has 7 heteroatoms. The summed E-state index contributed by atoms with van der Waals surface area (Å²) in [5.74, 6) is -0.290. The van der Waals surface area contributed by atoms with E-state index in [4.69, 9.17) is 5.11 Å². The van der Waals surface area contributed by atoms with E-state index >= 15 is 0 Å². The van der Waals surface area contributed by atoms with Crippen LogP contribution in [0.2, 0.25) is 0 Å². The molecule has 106 valence electrons. The fourth-order valence-corrected chi connectivity index (χ4v) is 3.05. The van der Waals surface area contributed by atoms with E-state index in [0.717, 1.165) is 13.1 Å². The van der Waals surface area contributed by atoms with Gasteiger partial charge in [0.2, 0.25) is 0 Å². The van der Waals surface area contributed by atoms with Gasteiger partial charge in [-0.1, -0.05) is 18.7 Å². The Balaban J connectivity index is 1.83. The Bertz CT molecular complexity index is 418. The highest BCUT2D eigenvalue weighted by molar-refractivity contribution is 7.99. The van der Waals surface area contributed by atoms with Crippen LogP contribution in [0.15, 0.2) is 11.5 Å². The van der Waals surface area contributed by atoms with Crippen LogP contribution in [0.5, 0.6) is 0 Å². The topological polar surface area (TPSA) is 71.2 Å². The van der Waals surface area contributed by atoms with E-state index in [9.17, 15) is 4.79 Å². The SMILES string of the molecule is CC(CN1CCCC1)Cn1cnnc1SCC(=O)O. The molecule has 0 amide bonds. The van der Waals surface area contributed by atoms with Gasteiger partial charge in [-0.3, -0.25) is 4.79 Å². The van der Waals surface area contributed by atoms with Crippen molar-refractivity contribution in [1.82, 2.24) is 19.7 Å². The molecule has 1 aromatic heterocycles. The molecular formula is C12H20N4O2S. The van der Waals surface area contributed by atoms with Crippen molar-refractivity contribution in [2.24, 2.45) is 5.92 Å². The number of hydrogen-bond acceptors (Lipinski definition) is 5. The standard InChI is InChI=1S/C12H20N4O2S/c1-10(6-15-4-2-3-5-15)7-16-9-13-14-12(16)19-8-11(17)18/h9-10H,2-8H2,1H3,(H,17,18). The minimum atomic E-state index is -0.829. The Morgan fingerprint density at radius 1 is 1.47 bits per heavy atom. The van der Waals surface area contributed by atoms with Gasteiger partial charge in [0.05, 0.1) is 5.75 Å². The van der Waals surface area contributed by atoms with E-state index in [1.54, 1.807) is 6.33 Å². The van der Waals surface area contributed by atoms with Gasteiger partial charge in [0.25, 0.3) is 0 Å². The summed E-state index contributed by atoms with van der Waals surface area (Å²) in [7, 11) is 0. The third kappa shape index (κ3) is 4.50. The lowest BCUT2D eigenvalue weighted by Gasteiger charge is -2.20. The van der Waals surface area contributed by atoms with Gasteiger partial charge in [0.15, 0.2) is 5.16 Å². The van der Waals surface area contributed by atoms with Crippen LogP contribution in [0.25, 0.3) is 0 Å². The number of aromatic nitrogens is 3. The molecule has 2 heterocycles. The Morgan fingerprint density at radius 2 is 2.21 bits per heavy atom. The van der Waals surface area contributed by atoms with Crippen LogP contribution >= 0.6 is 11.8 Å². The van der Waals surface area contributed by atoms with Gasteiger partial charge in [-0.2, -0.15) is 0 Å². The molecule has 2 rings (SSSR count). The summed E-state index contributed by atoms with van der Waals surface area (Å²) < 4.78 is 1.95. The lowest BCUT2D eigenvalue weighted by molar-refractivity contribution is -0.133. The molecule has 0 aliphatic carbocycles. The largest absolute Gasteiger partial charge is 0.481 e. The maximum atomic E-state index is 10.6. The second kappa shape index (κ2) is 6.91. The summed E-state index contributed by atoms with van der Waals surface area (Å²) in [6.07, 6.45) is 4.29. The number of carboxylic acids is 1. The zero-order valence-electron chi connectivity index (χ0n) is 11.2. The summed E-state index contributed by atoms with van der Waals surface area (Å²) in [5.41, 5.74) is 0. The summed E-state index contributed by atoms with van der Waals surface area (Å²) in [6, 6.07) is 0. The van der Waals surface area contributed by atoms with Crippen molar-refractivity contribution in [2.75, 3.05) is 25.4 Å². The lowest BCUT2D eigenvalue weighted by Crippen LogP contribution is -2.27. The fraction of sp³-hybridized carbons (Fsp3) is 0.750. The lowest BCUT2D eigenvalue weighted by atomic mass is 10.1. The predicted molar refractivity (Wildman–Crippen MR) is 73.2 cm³/mol. The number of aliphatic carboxylic acids is 1. The van der Waals surface area contributed by atoms with Crippen LogP contribution < -0.4 is 0 Å². The van der Waals surface area contributed by atoms with E-state index in [0.29, 0.717) is 11.1 Å². The fourth-order valence-electron chi connectivity index (χ4n) is 2.41. The third-order valence-electron chi connectivity index (χ3n) is 3.18. The Hall–Kier alpha value is -1.08. The second-order valence-electron chi connectivity index (χ2n) is 5.06. The van der Waals surface area contributed by atoms with Crippen LogP contribution in [-0.4, -0.2) is 56.1 Å². The molecule has 1 aliphatic heterocycles. The first-order chi connectivity index (χ1) is 9.15. The molecule has 0 aromatic carbocycles. The Kier molecular flexibility index (Phi) is 5.21. The van der Waals surface area contributed by atoms with Crippen LogP contribution in [0.1, 0.15) is 19.8 Å². The third-order valence-corrected chi connectivity index (χ3v) is 4.15. The molecule has 0 bridgehead atoms. The molecule has 0 spiro atoms. The maximum absolute atomic E-state index is 10.6. The van der Waals surface area contributed by atoms with Gasteiger partial charge in [-0.05, 0) is 31.8 Å². The van der Waals surface area contributed by atoms with Crippen molar-refractivity contribution in [3.05, 3.63) is 6.33 Å². The molecule has 1 fully saturated rings. The molecule has 0 radical (unpaired) electrons. The van der Waals surface area contributed by atoms with Gasteiger partial charge in [0.1, 0.15) is 6.33 Å². The van der Waals surface area contributed by atoms with E-state index in [-0.39, 0.29) is 5.75 Å². The van der Waals surface area contributed by atoms with Crippen molar-refractivity contribution in [1.29, 1.82) is 0 Å². The monoisotopic (exact) mass is 284 g/mol. The summed E-state index contributed by atoms with van der Waals surface area (Å²) in [6.45, 7) is 6.54. The number of rotatable bonds is 7. The van der Waals surface area contributed by atoms with Crippen molar-refractivity contribution in [3.63, 3.8) is 0 Å². The Labute approximate surface area is 117 Å². The number of carbonyl (C=O) groups is 1. The zero-order chi connectivity index (χ0) is 13.7. The molecule has 6 nitrogen and oxygen atoms in total. The molecule has 1 aromatic rings. The van der Waals surface area contributed by atoms with Crippen LogP contribution in [-0.2, 0) is 11.3 Å². The number of hydrogen-bond donors (Lipinski definition) is 1. The van der Waals surface area contributed by atoms with Gasteiger partial charge >= 0.3 is 5.97 Å². The first-order valence-corrected chi connectivity index (χ1v) is 7.58. The molecule has 1 unspecified atom stereocenters.